The molecule has 0 aliphatic rings. The molecule has 3 aromatic rings. The van der Waals surface area contributed by atoms with Gasteiger partial charge in [0.05, 0.1) is 30.9 Å². The van der Waals surface area contributed by atoms with E-state index in [0.717, 1.165) is 0 Å². The SMILES string of the molecule is COC(=O)[C@@H](N)Cc1cc(F)c(-c2c(OC)cc(C)n(C)c2=O)c2ncccc12. The predicted molar refractivity (Wildman–Crippen MR) is 107 cm³/mol. The summed E-state index contributed by atoms with van der Waals surface area (Å²) >= 11 is 0. The van der Waals surface area contributed by atoms with Crippen LogP contribution < -0.4 is 16.0 Å². The number of nitrogens with zero attached hydrogens (tertiary/aromatic N) is 2. The van der Waals surface area contributed by atoms with Gasteiger partial charge in [-0.05, 0) is 31.0 Å². The molecule has 0 aliphatic heterocycles. The summed E-state index contributed by atoms with van der Waals surface area (Å²) in [6.45, 7) is 1.76. The van der Waals surface area contributed by atoms with Crippen LogP contribution in [0, 0.1) is 12.7 Å². The van der Waals surface area contributed by atoms with Gasteiger partial charge in [0.15, 0.2) is 0 Å². The molecule has 152 valence electrons. The van der Waals surface area contributed by atoms with Crippen LogP contribution in [-0.4, -0.2) is 35.8 Å². The van der Waals surface area contributed by atoms with Gasteiger partial charge in [0.2, 0.25) is 0 Å². The Kier molecular flexibility index (Phi) is 5.65. The van der Waals surface area contributed by atoms with Crippen LogP contribution in [0.5, 0.6) is 5.75 Å². The smallest absolute Gasteiger partial charge is 0.322 e. The average Bonchev–Trinajstić information content (AvgIpc) is 2.72. The number of benzene rings is 1. The zero-order chi connectivity index (χ0) is 21.3. The van der Waals surface area contributed by atoms with E-state index < -0.39 is 23.4 Å². The number of carbonyl (C=O) groups is 1. The van der Waals surface area contributed by atoms with Gasteiger partial charge in [-0.25, -0.2) is 4.39 Å². The summed E-state index contributed by atoms with van der Waals surface area (Å²) < 4.78 is 26.8. The first kappa shape index (κ1) is 20.5. The maximum atomic E-state index is 15.3. The molecule has 2 heterocycles. The van der Waals surface area contributed by atoms with E-state index in [-0.39, 0.29) is 23.3 Å². The number of methoxy groups -OCH3 is 2. The molecular weight excluding hydrogens is 377 g/mol. The van der Waals surface area contributed by atoms with Gasteiger partial charge >= 0.3 is 5.97 Å². The second kappa shape index (κ2) is 8.00. The number of carbonyl (C=O) groups excluding carboxylic acids is 1. The maximum Gasteiger partial charge on any atom is 0.322 e. The topological polar surface area (TPSA) is 96.4 Å². The number of hydrogen-bond acceptors (Lipinski definition) is 6. The Labute approximate surface area is 166 Å². The van der Waals surface area contributed by atoms with Crippen LogP contribution in [0.25, 0.3) is 22.0 Å². The van der Waals surface area contributed by atoms with Crippen LogP contribution in [0.1, 0.15) is 11.3 Å². The number of aromatic nitrogens is 2. The first-order chi connectivity index (χ1) is 13.8. The molecule has 1 aromatic carbocycles. The van der Waals surface area contributed by atoms with E-state index in [1.165, 1.54) is 31.0 Å². The molecule has 2 aromatic heterocycles. The molecular formula is C21H22FN3O4. The van der Waals surface area contributed by atoms with Crippen molar-refractivity contribution in [1.29, 1.82) is 0 Å². The van der Waals surface area contributed by atoms with Gasteiger partial charge in [0.25, 0.3) is 5.56 Å². The van der Waals surface area contributed by atoms with Crippen LogP contribution >= 0.6 is 0 Å². The van der Waals surface area contributed by atoms with Crippen molar-refractivity contribution in [2.75, 3.05) is 14.2 Å². The summed E-state index contributed by atoms with van der Waals surface area (Å²) in [6, 6.07) is 5.44. The zero-order valence-electron chi connectivity index (χ0n) is 16.7. The molecule has 0 fully saturated rings. The lowest BCUT2D eigenvalue weighted by molar-refractivity contribution is -0.142. The summed E-state index contributed by atoms with van der Waals surface area (Å²) in [7, 11) is 4.28. The van der Waals surface area contributed by atoms with Crippen molar-refractivity contribution in [1.82, 2.24) is 9.55 Å². The van der Waals surface area contributed by atoms with Gasteiger partial charge in [-0.2, -0.15) is 0 Å². The number of fused-ring (bicyclic) bond motifs is 1. The minimum Gasteiger partial charge on any atom is -0.496 e. The highest BCUT2D eigenvalue weighted by molar-refractivity contribution is 5.97. The Balaban J connectivity index is 2.32. The van der Waals surface area contributed by atoms with E-state index in [9.17, 15) is 9.59 Å². The minimum absolute atomic E-state index is 0.0495. The van der Waals surface area contributed by atoms with Crippen molar-refractivity contribution in [2.24, 2.45) is 12.8 Å². The lowest BCUT2D eigenvalue weighted by atomic mass is 9.94. The fraction of sp³-hybridized carbons (Fsp3) is 0.286. The summed E-state index contributed by atoms with van der Waals surface area (Å²) in [5, 5.41) is 0.591. The lowest BCUT2D eigenvalue weighted by Gasteiger charge is -2.17. The number of aryl methyl sites for hydroxylation is 1. The highest BCUT2D eigenvalue weighted by Gasteiger charge is 2.24. The van der Waals surface area contributed by atoms with Crippen molar-refractivity contribution in [3.05, 3.63) is 57.9 Å². The second-order valence-electron chi connectivity index (χ2n) is 6.72. The zero-order valence-corrected chi connectivity index (χ0v) is 16.7. The fourth-order valence-electron chi connectivity index (χ4n) is 3.34. The second-order valence-corrected chi connectivity index (χ2v) is 6.72. The van der Waals surface area contributed by atoms with Crippen molar-refractivity contribution < 1.29 is 18.7 Å². The number of halogens is 1. The fourth-order valence-corrected chi connectivity index (χ4v) is 3.34. The summed E-state index contributed by atoms with van der Waals surface area (Å²) in [4.78, 5) is 29.0. The third kappa shape index (κ3) is 3.58. The standard InChI is InChI=1S/C21H22FN3O4/c1-11-8-16(28-3)18(20(26)25(11)2)17-14(22)9-12(10-15(23)21(27)29-4)13-6-5-7-24-19(13)17/h5-9,15H,10,23H2,1-4H3/t15-/m0/s1. The minimum atomic E-state index is -0.949. The Morgan fingerprint density at radius 3 is 2.69 bits per heavy atom. The highest BCUT2D eigenvalue weighted by atomic mass is 19.1. The molecule has 0 amide bonds. The van der Waals surface area contributed by atoms with E-state index in [1.54, 1.807) is 32.2 Å². The molecule has 0 saturated heterocycles. The number of hydrogen-bond donors (Lipinski definition) is 1. The van der Waals surface area contributed by atoms with Crippen molar-refractivity contribution >= 4 is 16.9 Å². The van der Waals surface area contributed by atoms with Crippen LogP contribution in [0.4, 0.5) is 4.39 Å². The van der Waals surface area contributed by atoms with Gasteiger partial charge in [-0.1, -0.05) is 6.07 Å². The van der Waals surface area contributed by atoms with Gasteiger partial charge < -0.3 is 19.8 Å². The Hall–Kier alpha value is -3.26. The molecule has 0 unspecified atom stereocenters. The molecule has 0 saturated carbocycles. The molecule has 0 spiro atoms. The quantitative estimate of drug-likeness (QED) is 0.660. The monoisotopic (exact) mass is 399 g/mol. The molecule has 7 nitrogen and oxygen atoms in total. The van der Waals surface area contributed by atoms with Crippen molar-refractivity contribution in [3.63, 3.8) is 0 Å². The maximum absolute atomic E-state index is 15.3. The number of ether oxygens (including phenoxy) is 2. The molecule has 8 heteroatoms. The summed E-state index contributed by atoms with van der Waals surface area (Å²) in [5.74, 6) is -0.987. The molecule has 1 atom stereocenters. The molecule has 2 N–H and O–H groups in total. The number of pyridine rings is 2. The van der Waals surface area contributed by atoms with Crippen LogP contribution in [0.15, 0.2) is 35.3 Å². The summed E-state index contributed by atoms with van der Waals surface area (Å²) in [5.41, 5.74) is 7.07. The largest absolute Gasteiger partial charge is 0.496 e. The van der Waals surface area contributed by atoms with Gasteiger partial charge in [0.1, 0.15) is 17.6 Å². The Bertz CT molecular complexity index is 1160. The van der Waals surface area contributed by atoms with E-state index >= 15 is 4.39 Å². The van der Waals surface area contributed by atoms with Crippen molar-refractivity contribution in [2.45, 2.75) is 19.4 Å². The Morgan fingerprint density at radius 1 is 1.31 bits per heavy atom. The van der Waals surface area contributed by atoms with Crippen LogP contribution in [0.3, 0.4) is 0 Å². The first-order valence-corrected chi connectivity index (χ1v) is 8.94. The third-order valence-corrected chi connectivity index (χ3v) is 4.98. The van der Waals surface area contributed by atoms with E-state index in [0.29, 0.717) is 22.2 Å². The first-order valence-electron chi connectivity index (χ1n) is 8.94. The highest BCUT2D eigenvalue weighted by Crippen LogP contribution is 2.36. The molecule has 29 heavy (non-hydrogen) atoms. The Morgan fingerprint density at radius 2 is 2.03 bits per heavy atom. The van der Waals surface area contributed by atoms with Gasteiger partial charge in [0, 0.05) is 30.4 Å². The van der Waals surface area contributed by atoms with Crippen molar-refractivity contribution in [3.8, 4) is 16.9 Å². The summed E-state index contributed by atoms with van der Waals surface area (Å²) in [6.07, 6.45) is 1.58. The number of nitrogens with two attached hydrogens (primary N) is 1. The molecule has 0 bridgehead atoms. The van der Waals surface area contributed by atoms with E-state index in [2.05, 4.69) is 9.72 Å². The molecule has 3 rings (SSSR count). The number of rotatable bonds is 5. The lowest BCUT2D eigenvalue weighted by Crippen LogP contribution is -2.33. The molecule has 0 radical (unpaired) electrons. The normalized spacial score (nSPS) is 12.1. The van der Waals surface area contributed by atoms with E-state index in [1.807, 2.05) is 0 Å². The van der Waals surface area contributed by atoms with E-state index in [4.69, 9.17) is 10.5 Å². The average molecular weight is 399 g/mol. The van der Waals surface area contributed by atoms with Crippen LogP contribution in [-0.2, 0) is 23.0 Å². The van der Waals surface area contributed by atoms with Crippen LogP contribution in [0.2, 0.25) is 0 Å². The van der Waals surface area contributed by atoms with Gasteiger partial charge in [-0.15, -0.1) is 0 Å². The predicted octanol–water partition coefficient (Wildman–Crippen LogP) is 2.10. The third-order valence-electron chi connectivity index (χ3n) is 4.98. The number of esters is 1. The molecule has 0 aliphatic carbocycles. The van der Waals surface area contributed by atoms with Gasteiger partial charge in [-0.3, -0.25) is 14.6 Å².